The second-order valence-electron chi connectivity index (χ2n) is 4.20. The Balaban J connectivity index is 2.02. The molecule has 0 saturated heterocycles. The molecule has 1 aliphatic carbocycles. The summed E-state index contributed by atoms with van der Waals surface area (Å²) in [5.74, 6) is -0.198. The van der Waals surface area contributed by atoms with E-state index in [-0.39, 0.29) is 11.9 Å². The Morgan fingerprint density at radius 1 is 1.38 bits per heavy atom. The highest BCUT2D eigenvalue weighted by Gasteiger charge is 2.14. The van der Waals surface area contributed by atoms with E-state index in [0.717, 1.165) is 18.4 Å². The van der Waals surface area contributed by atoms with E-state index < -0.39 is 0 Å². The topological polar surface area (TPSA) is 12.0 Å². The van der Waals surface area contributed by atoms with Crippen LogP contribution in [-0.2, 0) is 0 Å². The Kier molecular flexibility index (Phi) is 3.77. The summed E-state index contributed by atoms with van der Waals surface area (Å²) in [6.07, 6.45) is 6.52. The van der Waals surface area contributed by atoms with Crippen LogP contribution < -0.4 is 5.32 Å². The third-order valence-corrected chi connectivity index (χ3v) is 3.58. The zero-order valence-corrected chi connectivity index (χ0v) is 10.8. The van der Waals surface area contributed by atoms with Crippen LogP contribution in [-0.4, -0.2) is 6.04 Å². The predicted molar refractivity (Wildman–Crippen MR) is 67.8 cm³/mol. The Labute approximate surface area is 104 Å². The molecule has 1 aromatic rings. The van der Waals surface area contributed by atoms with Crippen molar-refractivity contribution < 1.29 is 4.39 Å². The predicted octanol–water partition coefficient (Wildman–Crippen LogP) is 3.96. The average Bonchev–Trinajstić information content (AvgIpc) is 2.74. The molecule has 0 aliphatic heterocycles. The Bertz CT molecular complexity index is 395. The molecule has 0 heterocycles. The second kappa shape index (κ2) is 5.11. The van der Waals surface area contributed by atoms with Crippen molar-refractivity contribution in [3.8, 4) is 0 Å². The molecular weight excluding hydrogens is 269 g/mol. The minimum absolute atomic E-state index is 0.187. The van der Waals surface area contributed by atoms with Crippen molar-refractivity contribution in [3.05, 3.63) is 46.2 Å². The fourth-order valence-electron chi connectivity index (χ4n) is 1.98. The minimum Gasteiger partial charge on any atom is -0.307 e. The van der Waals surface area contributed by atoms with E-state index >= 15 is 0 Å². The van der Waals surface area contributed by atoms with E-state index in [9.17, 15) is 4.39 Å². The third-order valence-electron chi connectivity index (χ3n) is 2.94. The van der Waals surface area contributed by atoms with Crippen LogP contribution in [0, 0.1) is 5.82 Å². The van der Waals surface area contributed by atoms with Crippen LogP contribution in [0.3, 0.4) is 0 Å². The number of halogens is 2. The van der Waals surface area contributed by atoms with Crippen LogP contribution in [0.2, 0.25) is 0 Å². The monoisotopic (exact) mass is 283 g/mol. The van der Waals surface area contributed by atoms with Gasteiger partial charge in [0.25, 0.3) is 0 Å². The SMILES string of the molecule is CC(NC1CC=CC1)c1ccc(Br)c(F)c1. The fourth-order valence-corrected chi connectivity index (χ4v) is 2.23. The summed E-state index contributed by atoms with van der Waals surface area (Å²) in [5, 5.41) is 3.50. The van der Waals surface area contributed by atoms with Crippen LogP contribution in [0.25, 0.3) is 0 Å². The summed E-state index contributed by atoms with van der Waals surface area (Å²) in [4.78, 5) is 0. The maximum absolute atomic E-state index is 13.4. The maximum Gasteiger partial charge on any atom is 0.137 e. The molecule has 86 valence electrons. The van der Waals surface area contributed by atoms with E-state index in [1.807, 2.05) is 6.07 Å². The number of rotatable bonds is 3. The Morgan fingerprint density at radius 3 is 2.69 bits per heavy atom. The Morgan fingerprint density at radius 2 is 2.06 bits per heavy atom. The number of benzene rings is 1. The second-order valence-corrected chi connectivity index (χ2v) is 5.06. The summed E-state index contributed by atoms with van der Waals surface area (Å²) in [6, 6.07) is 5.99. The lowest BCUT2D eigenvalue weighted by molar-refractivity contribution is 0.469. The zero-order valence-electron chi connectivity index (χ0n) is 9.21. The van der Waals surface area contributed by atoms with Gasteiger partial charge in [-0.15, -0.1) is 0 Å². The summed E-state index contributed by atoms with van der Waals surface area (Å²) >= 11 is 3.16. The quantitative estimate of drug-likeness (QED) is 0.828. The van der Waals surface area contributed by atoms with Crippen molar-refractivity contribution in [2.75, 3.05) is 0 Å². The van der Waals surface area contributed by atoms with E-state index in [0.29, 0.717) is 10.5 Å². The van der Waals surface area contributed by atoms with Crippen molar-refractivity contribution in [1.82, 2.24) is 5.32 Å². The normalized spacial score (nSPS) is 17.9. The lowest BCUT2D eigenvalue weighted by atomic mass is 10.1. The van der Waals surface area contributed by atoms with Crippen LogP contribution >= 0.6 is 15.9 Å². The molecule has 1 aromatic carbocycles. The average molecular weight is 284 g/mol. The summed E-state index contributed by atoms with van der Waals surface area (Å²) < 4.78 is 13.9. The van der Waals surface area contributed by atoms with Gasteiger partial charge in [-0.05, 0) is 53.4 Å². The van der Waals surface area contributed by atoms with Gasteiger partial charge < -0.3 is 5.32 Å². The van der Waals surface area contributed by atoms with Crippen LogP contribution in [0.4, 0.5) is 4.39 Å². The fraction of sp³-hybridized carbons (Fsp3) is 0.385. The van der Waals surface area contributed by atoms with E-state index in [2.05, 4.69) is 40.3 Å². The molecule has 1 aliphatic rings. The highest BCUT2D eigenvalue weighted by Crippen LogP contribution is 2.22. The molecule has 16 heavy (non-hydrogen) atoms. The minimum atomic E-state index is -0.198. The molecular formula is C13H15BrFN. The highest BCUT2D eigenvalue weighted by atomic mass is 79.9. The largest absolute Gasteiger partial charge is 0.307 e. The molecule has 0 radical (unpaired) electrons. The smallest absolute Gasteiger partial charge is 0.137 e. The molecule has 0 spiro atoms. The third kappa shape index (κ3) is 2.71. The van der Waals surface area contributed by atoms with Gasteiger partial charge in [0, 0.05) is 12.1 Å². The van der Waals surface area contributed by atoms with Crippen molar-refractivity contribution in [2.24, 2.45) is 0 Å². The lowest BCUT2D eigenvalue weighted by Crippen LogP contribution is -2.29. The van der Waals surface area contributed by atoms with Gasteiger partial charge in [-0.1, -0.05) is 18.2 Å². The molecule has 0 saturated carbocycles. The molecule has 0 bridgehead atoms. The van der Waals surface area contributed by atoms with Crippen LogP contribution in [0.5, 0.6) is 0 Å². The van der Waals surface area contributed by atoms with Gasteiger partial charge in [0.2, 0.25) is 0 Å². The standard InChI is InChI=1S/C13H15BrFN/c1-9(16-11-4-2-3-5-11)10-6-7-12(14)13(15)8-10/h2-3,6-9,11,16H,4-5H2,1H3. The van der Waals surface area contributed by atoms with Gasteiger partial charge >= 0.3 is 0 Å². The summed E-state index contributed by atoms with van der Waals surface area (Å²) in [7, 11) is 0. The van der Waals surface area contributed by atoms with Crippen LogP contribution in [0.1, 0.15) is 31.4 Å². The molecule has 1 N–H and O–H groups in total. The molecule has 0 fully saturated rings. The molecule has 3 heteroatoms. The summed E-state index contributed by atoms with van der Waals surface area (Å²) in [5.41, 5.74) is 0.993. The van der Waals surface area contributed by atoms with E-state index in [1.54, 1.807) is 12.1 Å². The first kappa shape index (κ1) is 11.8. The molecule has 1 unspecified atom stereocenters. The van der Waals surface area contributed by atoms with Crippen molar-refractivity contribution in [1.29, 1.82) is 0 Å². The van der Waals surface area contributed by atoms with Gasteiger partial charge in [-0.25, -0.2) is 4.39 Å². The number of hydrogen-bond acceptors (Lipinski definition) is 1. The molecule has 2 rings (SSSR count). The molecule has 1 atom stereocenters. The van der Waals surface area contributed by atoms with E-state index in [4.69, 9.17) is 0 Å². The van der Waals surface area contributed by atoms with Gasteiger partial charge in [0.05, 0.1) is 4.47 Å². The molecule has 1 nitrogen and oxygen atoms in total. The van der Waals surface area contributed by atoms with Crippen molar-refractivity contribution in [2.45, 2.75) is 31.8 Å². The first-order valence-corrected chi connectivity index (χ1v) is 6.32. The van der Waals surface area contributed by atoms with Crippen LogP contribution in [0.15, 0.2) is 34.8 Å². The molecule has 0 amide bonds. The van der Waals surface area contributed by atoms with Gasteiger partial charge in [0.1, 0.15) is 5.82 Å². The zero-order chi connectivity index (χ0) is 11.5. The maximum atomic E-state index is 13.4. The van der Waals surface area contributed by atoms with E-state index in [1.165, 1.54) is 0 Å². The van der Waals surface area contributed by atoms with Gasteiger partial charge in [-0.3, -0.25) is 0 Å². The first-order chi connectivity index (χ1) is 7.66. The highest BCUT2D eigenvalue weighted by molar-refractivity contribution is 9.10. The summed E-state index contributed by atoms with van der Waals surface area (Å²) in [6.45, 7) is 2.07. The van der Waals surface area contributed by atoms with Crippen molar-refractivity contribution in [3.63, 3.8) is 0 Å². The molecule has 0 aromatic heterocycles. The Hall–Kier alpha value is -0.670. The lowest BCUT2D eigenvalue weighted by Gasteiger charge is -2.19. The van der Waals surface area contributed by atoms with Gasteiger partial charge in [0.15, 0.2) is 0 Å². The van der Waals surface area contributed by atoms with Crippen molar-refractivity contribution >= 4 is 15.9 Å². The number of hydrogen-bond donors (Lipinski definition) is 1. The number of nitrogens with one attached hydrogen (secondary N) is 1. The van der Waals surface area contributed by atoms with Gasteiger partial charge in [-0.2, -0.15) is 0 Å². The first-order valence-electron chi connectivity index (χ1n) is 5.53.